The standard InChI is InChI=1S/C21H22N4O3.C8H11N/c1-3-7-20-18(14-22-19-9-6-5-8-15(19)4-2)21(26)24(23-20)16-10-12-17(13-11-16)25(27)28;1-2-7-5-3-4-6-8(7)9/h5-6,8-14,23H,3-4,7H2,1-2H3;3-6H,2,9H2,1H3. The number of H-pyrrole nitrogens is 1. The van der Waals surface area contributed by atoms with Crippen LogP contribution in [0.4, 0.5) is 17.1 Å². The molecule has 4 aromatic rings. The largest absolute Gasteiger partial charge is 0.399 e. The summed E-state index contributed by atoms with van der Waals surface area (Å²) in [7, 11) is 0. The van der Waals surface area contributed by atoms with Gasteiger partial charge in [-0.2, -0.15) is 0 Å². The minimum absolute atomic E-state index is 0.0184. The fourth-order valence-corrected chi connectivity index (χ4v) is 3.90. The number of hydrogen-bond donors (Lipinski definition) is 2. The lowest BCUT2D eigenvalue weighted by Crippen LogP contribution is -2.17. The highest BCUT2D eigenvalue weighted by Crippen LogP contribution is 2.20. The molecule has 0 saturated carbocycles. The van der Waals surface area contributed by atoms with Gasteiger partial charge in [-0.1, -0.05) is 63.6 Å². The summed E-state index contributed by atoms with van der Waals surface area (Å²) in [5.74, 6) is 0. The van der Waals surface area contributed by atoms with Crippen molar-refractivity contribution in [3.05, 3.63) is 116 Å². The number of nitro benzene ring substituents is 1. The van der Waals surface area contributed by atoms with Crippen molar-refractivity contribution in [2.75, 3.05) is 5.73 Å². The highest BCUT2D eigenvalue weighted by molar-refractivity contribution is 5.83. The van der Waals surface area contributed by atoms with Gasteiger partial charge in [0.25, 0.3) is 11.2 Å². The average Bonchev–Trinajstić information content (AvgIpc) is 3.23. The molecular formula is C29H33N5O3. The third kappa shape index (κ3) is 6.82. The van der Waals surface area contributed by atoms with E-state index in [0.717, 1.165) is 41.9 Å². The van der Waals surface area contributed by atoms with Crippen LogP contribution in [0.2, 0.25) is 0 Å². The molecule has 0 atom stereocenters. The number of nitrogen functional groups attached to an aromatic ring is 1. The molecule has 0 bridgehead atoms. The molecule has 8 heteroatoms. The monoisotopic (exact) mass is 499 g/mol. The second-order valence-electron chi connectivity index (χ2n) is 8.46. The third-order valence-electron chi connectivity index (χ3n) is 5.97. The molecule has 1 aromatic heterocycles. The van der Waals surface area contributed by atoms with Crippen LogP contribution < -0.4 is 11.3 Å². The van der Waals surface area contributed by atoms with E-state index < -0.39 is 4.92 Å². The van der Waals surface area contributed by atoms with E-state index >= 15 is 0 Å². The molecule has 0 unspecified atom stereocenters. The van der Waals surface area contributed by atoms with Crippen LogP contribution in [0.15, 0.2) is 82.6 Å². The van der Waals surface area contributed by atoms with Gasteiger partial charge in [0, 0.05) is 29.7 Å². The quantitative estimate of drug-likeness (QED) is 0.130. The fourth-order valence-electron chi connectivity index (χ4n) is 3.90. The molecule has 192 valence electrons. The third-order valence-corrected chi connectivity index (χ3v) is 5.97. The number of rotatable bonds is 8. The van der Waals surface area contributed by atoms with Crippen LogP contribution in [0.25, 0.3) is 5.69 Å². The number of hydrogen-bond acceptors (Lipinski definition) is 5. The normalized spacial score (nSPS) is 10.8. The molecule has 0 aliphatic carbocycles. The lowest BCUT2D eigenvalue weighted by molar-refractivity contribution is -0.384. The lowest BCUT2D eigenvalue weighted by atomic mass is 10.1. The van der Waals surface area contributed by atoms with Crippen LogP contribution in [0.5, 0.6) is 0 Å². The van der Waals surface area contributed by atoms with Gasteiger partial charge >= 0.3 is 0 Å². The number of benzene rings is 3. The first kappa shape index (κ1) is 27.1. The summed E-state index contributed by atoms with van der Waals surface area (Å²) in [5, 5.41) is 14.0. The predicted molar refractivity (Wildman–Crippen MR) is 150 cm³/mol. The Morgan fingerprint density at radius 2 is 1.57 bits per heavy atom. The van der Waals surface area contributed by atoms with Crippen molar-refractivity contribution in [1.29, 1.82) is 0 Å². The summed E-state index contributed by atoms with van der Waals surface area (Å²) in [6.45, 7) is 6.20. The van der Waals surface area contributed by atoms with Crippen LogP contribution in [-0.2, 0) is 19.3 Å². The van der Waals surface area contributed by atoms with E-state index in [9.17, 15) is 14.9 Å². The number of aliphatic imine (C=N–C) groups is 1. The van der Waals surface area contributed by atoms with Gasteiger partial charge in [-0.05, 0) is 54.7 Å². The van der Waals surface area contributed by atoms with E-state index in [1.807, 2.05) is 49.4 Å². The molecule has 3 aromatic carbocycles. The van der Waals surface area contributed by atoms with E-state index in [0.29, 0.717) is 17.7 Å². The van der Waals surface area contributed by atoms with Crippen molar-refractivity contribution >= 4 is 23.3 Å². The zero-order chi connectivity index (χ0) is 26.8. The molecule has 0 saturated heterocycles. The van der Waals surface area contributed by atoms with Gasteiger partial charge in [0.2, 0.25) is 0 Å². The van der Waals surface area contributed by atoms with Crippen molar-refractivity contribution < 1.29 is 4.92 Å². The highest BCUT2D eigenvalue weighted by atomic mass is 16.6. The number of aromatic nitrogens is 2. The minimum Gasteiger partial charge on any atom is -0.399 e. The second-order valence-corrected chi connectivity index (χ2v) is 8.46. The maximum Gasteiger partial charge on any atom is 0.280 e. The Hall–Kier alpha value is -4.46. The predicted octanol–water partition coefficient (Wildman–Crippen LogP) is 6.17. The van der Waals surface area contributed by atoms with Crippen LogP contribution >= 0.6 is 0 Å². The van der Waals surface area contributed by atoms with E-state index in [1.54, 1.807) is 18.3 Å². The molecule has 3 N–H and O–H groups in total. The van der Waals surface area contributed by atoms with Crippen molar-refractivity contribution in [3.63, 3.8) is 0 Å². The number of nitro groups is 1. The van der Waals surface area contributed by atoms with Gasteiger partial charge in [-0.25, -0.2) is 4.68 Å². The Labute approximate surface area is 216 Å². The summed E-state index contributed by atoms with van der Waals surface area (Å²) >= 11 is 0. The van der Waals surface area contributed by atoms with Crippen molar-refractivity contribution in [3.8, 4) is 5.69 Å². The van der Waals surface area contributed by atoms with E-state index in [-0.39, 0.29) is 11.2 Å². The molecule has 8 nitrogen and oxygen atoms in total. The van der Waals surface area contributed by atoms with Gasteiger partial charge < -0.3 is 5.73 Å². The number of aryl methyl sites for hydroxylation is 3. The van der Waals surface area contributed by atoms with Crippen molar-refractivity contribution in [2.24, 2.45) is 4.99 Å². The Kier molecular flexibility index (Phi) is 9.55. The smallest absolute Gasteiger partial charge is 0.280 e. The Balaban J connectivity index is 0.000000356. The van der Waals surface area contributed by atoms with E-state index in [1.165, 1.54) is 22.4 Å². The molecule has 0 amide bonds. The molecule has 4 rings (SSSR count). The summed E-state index contributed by atoms with van der Waals surface area (Å²) in [6, 6.07) is 21.7. The minimum atomic E-state index is -0.465. The Morgan fingerprint density at radius 3 is 2.14 bits per heavy atom. The molecule has 0 radical (unpaired) electrons. The summed E-state index contributed by atoms with van der Waals surface area (Å²) in [6.07, 6.45) is 5.06. The molecule has 0 aliphatic heterocycles. The summed E-state index contributed by atoms with van der Waals surface area (Å²) in [4.78, 5) is 27.9. The molecule has 0 fully saturated rings. The molecule has 1 heterocycles. The Bertz CT molecular complexity index is 1420. The number of nitrogens with zero attached hydrogens (tertiary/aromatic N) is 3. The average molecular weight is 500 g/mol. The Morgan fingerprint density at radius 1 is 0.946 bits per heavy atom. The lowest BCUT2D eigenvalue weighted by Gasteiger charge is -2.01. The number of non-ortho nitro benzene ring substituents is 1. The number of nitrogens with one attached hydrogen (secondary N) is 1. The van der Waals surface area contributed by atoms with Gasteiger partial charge in [-0.15, -0.1) is 0 Å². The molecule has 0 aliphatic rings. The molecular weight excluding hydrogens is 466 g/mol. The summed E-state index contributed by atoms with van der Waals surface area (Å²) in [5.41, 5.74) is 11.3. The van der Waals surface area contributed by atoms with Crippen LogP contribution in [0.1, 0.15) is 49.6 Å². The van der Waals surface area contributed by atoms with Crippen LogP contribution in [-0.4, -0.2) is 20.9 Å². The van der Waals surface area contributed by atoms with Crippen molar-refractivity contribution in [2.45, 2.75) is 46.5 Å². The number of aromatic amines is 1. The number of nitrogens with two attached hydrogens (primary N) is 1. The second kappa shape index (κ2) is 13.0. The van der Waals surface area contributed by atoms with Gasteiger partial charge in [-0.3, -0.25) is 25.0 Å². The first-order chi connectivity index (χ1) is 17.9. The van der Waals surface area contributed by atoms with Crippen molar-refractivity contribution in [1.82, 2.24) is 9.78 Å². The maximum absolute atomic E-state index is 13.0. The fraction of sp³-hybridized carbons (Fsp3) is 0.241. The first-order valence-corrected chi connectivity index (χ1v) is 12.4. The highest BCUT2D eigenvalue weighted by Gasteiger charge is 2.14. The number of para-hydroxylation sites is 2. The molecule has 37 heavy (non-hydrogen) atoms. The zero-order valence-corrected chi connectivity index (χ0v) is 21.5. The topological polar surface area (TPSA) is 119 Å². The first-order valence-electron chi connectivity index (χ1n) is 12.4. The van der Waals surface area contributed by atoms with Crippen LogP contribution in [0, 0.1) is 10.1 Å². The maximum atomic E-state index is 13.0. The van der Waals surface area contributed by atoms with E-state index in [4.69, 9.17) is 5.73 Å². The van der Waals surface area contributed by atoms with E-state index in [2.05, 4.69) is 30.0 Å². The van der Waals surface area contributed by atoms with Gasteiger partial charge in [0.15, 0.2) is 0 Å². The molecule has 0 spiro atoms. The van der Waals surface area contributed by atoms with Crippen LogP contribution in [0.3, 0.4) is 0 Å². The SMILES string of the molecule is CCCc1[nH]n(-c2ccc([N+](=O)[O-])cc2)c(=O)c1C=Nc1ccccc1CC.CCc1ccccc1N. The van der Waals surface area contributed by atoms with Gasteiger partial charge in [0.05, 0.1) is 21.9 Å². The van der Waals surface area contributed by atoms with Gasteiger partial charge in [0.1, 0.15) is 0 Å². The summed E-state index contributed by atoms with van der Waals surface area (Å²) < 4.78 is 1.40. The number of anilines is 1. The zero-order valence-electron chi connectivity index (χ0n) is 21.5.